The highest BCUT2D eigenvalue weighted by Gasteiger charge is 2.07. The number of carbonyl (C=O) groups is 3. The average Bonchev–Trinajstić information content (AvgIpc) is 2.51. The lowest BCUT2D eigenvalue weighted by Gasteiger charge is -2.06. The van der Waals surface area contributed by atoms with Crippen LogP contribution in [0.2, 0.25) is 0 Å². The maximum absolute atomic E-state index is 11.9. The Morgan fingerprint density at radius 3 is 2.35 bits per heavy atom. The molecule has 0 atom stereocenters. The molecule has 0 spiro atoms. The summed E-state index contributed by atoms with van der Waals surface area (Å²) in [6, 6.07) is 6.55. The number of ether oxygens (including phenoxy) is 1. The van der Waals surface area contributed by atoms with Crippen LogP contribution in [0.4, 0.5) is 5.69 Å². The summed E-state index contributed by atoms with van der Waals surface area (Å²) in [5.41, 5.74) is 1.45. The van der Waals surface area contributed by atoms with Crippen LogP contribution < -0.4 is 10.6 Å². The van der Waals surface area contributed by atoms with Gasteiger partial charge >= 0.3 is 0 Å². The van der Waals surface area contributed by atoms with Crippen LogP contribution in [0.5, 0.6) is 0 Å². The fourth-order valence-electron chi connectivity index (χ4n) is 1.79. The van der Waals surface area contributed by atoms with Gasteiger partial charge in [0.15, 0.2) is 5.78 Å². The highest BCUT2D eigenvalue weighted by Crippen LogP contribution is 2.10. The molecule has 0 aliphatic heterocycles. The largest absolute Gasteiger partial charge is 0.385 e. The van der Waals surface area contributed by atoms with Gasteiger partial charge in [0.05, 0.1) is 0 Å². The van der Waals surface area contributed by atoms with E-state index in [9.17, 15) is 14.4 Å². The Hall–Kier alpha value is -2.47. The molecule has 0 saturated carbocycles. The molecule has 0 aliphatic carbocycles. The minimum absolute atomic E-state index is 0.0382. The van der Waals surface area contributed by atoms with Gasteiger partial charge in [0.25, 0.3) is 0 Å². The van der Waals surface area contributed by atoms with Crippen LogP contribution in [0.1, 0.15) is 30.6 Å². The fraction of sp³-hybridized carbons (Fsp3) is 0.353. The fourth-order valence-corrected chi connectivity index (χ4v) is 1.79. The van der Waals surface area contributed by atoms with Crippen molar-refractivity contribution in [3.8, 4) is 0 Å². The molecule has 0 unspecified atom stereocenters. The Balaban J connectivity index is 2.53. The molecule has 6 nitrogen and oxygen atoms in total. The number of nitrogens with one attached hydrogen (secondary N) is 2. The van der Waals surface area contributed by atoms with E-state index in [0.717, 1.165) is 0 Å². The smallest absolute Gasteiger partial charge is 0.248 e. The molecule has 0 fully saturated rings. The van der Waals surface area contributed by atoms with Crippen molar-refractivity contribution >= 4 is 23.3 Å². The zero-order valence-electron chi connectivity index (χ0n) is 13.6. The highest BCUT2D eigenvalue weighted by atomic mass is 16.5. The van der Waals surface area contributed by atoms with Gasteiger partial charge in [-0.1, -0.05) is 0 Å². The van der Waals surface area contributed by atoms with Gasteiger partial charge in [-0.3, -0.25) is 14.4 Å². The van der Waals surface area contributed by atoms with Crippen molar-refractivity contribution in [2.45, 2.75) is 20.3 Å². The first kappa shape index (κ1) is 18.6. The van der Waals surface area contributed by atoms with E-state index >= 15 is 0 Å². The third-order valence-corrected chi connectivity index (χ3v) is 3.08. The van der Waals surface area contributed by atoms with Crippen LogP contribution in [0.25, 0.3) is 0 Å². The van der Waals surface area contributed by atoms with E-state index in [-0.39, 0.29) is 11.7 Å². The summed E-state index contributed by atoms with van der Waals surface area (Å²) in [4.78, 5) is 34.8. The number of rotatable bonds is 8. The maximum Gasteiger partial charge on any atom is 0.248 e. The van der Waals surface area contributed by atoms with Crippen LogP contribution in [-0.2, 0) is 14.3 Å². The summed E-state index contributed by atoms with van der Waals surface area (Å²) in [6.45, 7) is 4.11. The minimum atomic E-state index is -0.398. The Morgan fingerprint density at radius 2 is 1.78 bits per heavy atom. The molecular formula is C17H22N2O4. The number of carbonyl (C=O) groups excluding carboxylic acids is 3. The van der Waals surface area contributed by atoms with Crippen molar-refractivity contribution in [3.63, 3.8) is 0 Å². The summed E-state index contributed by atoms with van der Waals surface area (Å²) < 4.78 is 4.89. The minimum Gasteiger partial charge on any atom is -0.385 e. The van der Waals surface area contributed by atoms with Crippen molar-refractivity contribution < 1.29 is 19.1 Å². The molecule has 0 aliphatic rings. The first-order valence-corrected chi connectivity index (χ1v) is 7.31. The lowest BCUT2D eigenvalue weighted by molar-refractivity contribution is -0.118. The van der Waals surface area contributed by atoms with Gasteiger partial charge in [0.1, 0.15) is 0 Å². The quantitative estimate of drug-likeness (QED) is 0.436. The molecule has 23 heavy (non-hydrogen) atoms. The molecule has 124 valence electrons. The van der Waals surface area contributed by atoms with Crippen molar-refractivity contribution in [2.75, 3.05) is 25.6 Å². The van der Waals surface area contributed by atoms with E-state index < -0.39 is 5.91 Å². The van der Waals surface area contributed by atoms with Crippen LogP contribution >= 0.6 is 0 Å². The number of hydrogen-bond donors (Lipinski definition) is 2. The number of amides is 2. The standard InChI is InChI=1S/C17H22N2O4/c1-12(17(22)18-9-4-10-23-3)11-16(21)19-15-7-5-14(6-8-15)13(2)20/h5-8,11H,4,9-10H2,1-3H3,(H,18,22)(H,19,21)/b12-11+. The van der Waals surface area contributed by atoms with Gasteiger partial charge in [-0.15, -0.1) is 0 Å². The molecule has 6 heteroatoms. The van der Waals surface area contributed by atoms with Gasteiger partial charge in [0, 0.05) is 43.2 Å². The second kappa shape index (κ2) is 9.53. The Labute approximate surface area is 135 Å². The Kier molecular flexibility index (Phi) is 7.70. The predicted octanol–water partition coefficient (Wildman–Crippen LogP) is 1.93. The molecular weight excluding hydrogens is 296 g/mol. The van der Waals surface area contributed by atoms with E-state index in [1.54, 1.807) is 38.3 Å². The summed E-state index contributed by atoms with van der Waals surface area (Å²) in [7, 11) is 1.60. The van der Waals surface area contributed by atoms with Gasteiger partial charge in [0.2, 0.25) is 11.8 Å². The maximum atomic E-state index is 11.9. The van der Waals surface area contributed by atoms with Crippen LogP contribution in [0.15, 0.2) is 35.9 Å². The van der Waals surface area contributed by atoms with Crippen LogP contribution in [0.3, 0.4) is 0 Å². The molecule has 0 bridgehead atoms. The molecule has 0 saturated heterocycles. The summed E-state index contributed by atoms with van der Waals surface area (Å²) in [5.74, 6) is -0.725. The zero-order valence-corrected chi connectivity index (χ0v) is 13.6. The number of hydrogen-bond acceptors (Lipinski definition) is 4. The van der Waals surface area contributed by atoms with E-state index in [1.807, 2.05) is 0 Å². The van der Waals surface area contributed by atoms with E-state index in [2.05, 4.69) is 10.6 Å². The zero-order chi connectivity index (χ0) is 17.2. The first-order valence-electron chi connectivity index (χ1n) is 7.31. The summed E-state index contributed by atoms with van der Waals surface area (Å²) in [6.07, 6.45) is 1.95. The molecule has 0 aromatic heterocycles. The normalized spacial score (nSPS) is 11.0. The number of anilines is 1. The van der Waals surface area contributed by atoms with Crippen molar-refractivity contribution in [1.29, 1.82) is 0 Å². The number of Topliss-reactive ketones (excluding diaryl/α,β-unsaturated/α-hetero) is 1. The van der Waals surface area contributed by atoms with E-state index in [4.69, 9.17) is 4.74 Å². The van der Waals surface area contributed by atoms with E-state index in [0.29, 0.717) is 36.4 Å². The van der Waals surface area contributed by atoms with Crippen LogP contribution in [-0.4, -0.2) is 37.9 Å². The molecule has 0 radical (unpaired) electrons. The molecule has 0 heterocycles. The lowest BCUT2D eigenvalue weighted by Crippen LogP contribution is -2.26. The Bertz CT molecular complexity index is 591. The summed E-state index contributed by atoms with van der Waals surface area (Å²) >= 11 is 0. The second-order valence-corrected chi connectivity index (χ2v) is 5.05. The molecule has 1 aromatic rings. The average molecular weight is 318 g/mol. The van der Waals surface area contributed by atoms with Crippen molar-refractivity contribution in [3.05, 3.63) is 41.5 Å². The second-order valence-electron chi connectivity index (χ2n) is 5.05. The molecule has 2 amide bonds. The summed E-state index contributed by atoms with van der Waals surface area (Å²) in [5, 5.41) is 5.35. The van der Waals surface area contributed by atoms with Gasteiger partial charge in [-0.2, -0.15) is 0 Å². The van der Waals surface area contributed by atoms with E-state index in [1.165, 1.54) is 13.0 Å². The third-order valence-electron chi connectivity index (χ3n) is 3.08. The van der Waals surface area contributed by atoms with Crippen molar-refractivity contribution in [2.24, 2.45) is 0 Å². The Morgan fingerprint density at radius 1 is 1.13 bits per heavy atom. The predicted molar refractivity (Wildman–Crippen MR) is 88.3 cm³/mol. The number of benzene rings is 1. The SMILES string of the molecule is COCCCNC(=O)/C(C)=C/C(=O)Nc1ccc(C(C)=O)cc1. The molecule has 1 aromatic carbocycles. The van der Waals surface area contributed by atoms with Crippen molar-refractivity contribution in [1.82, 2.24) is 5.32 Å². The number of ketones is 1. The van der Waals surface area contributed by atoms with Crippen LogP contribution in [0, 0.1) is 0 Å². The van der Waals surface area contributed by atoms with Gasteiger partial charge < -0.3 is 15.4 Å². The number of methoxy groups -OCH3 is 1. The lowest BCUT2D eigenvalue weighted by atomic mass is 10.1. The molecule has 2 N–H and O–H groups in total. The van der Waals surface area contributed by atoms with Gasteiger partial charge in [-0.25, -0.2) is 0 Å². The first-order chi connectivity index (χ1) is 10.9. The third kappa shape index (κ3) is 6.88. The topological polar surface area (TPSA) is 84.5 Å². The highest BCUT2D eigenvalue weighted by molar-refractivity contribution is 6.06. The monoisotopic (exact) mass is 318 g/mol. The van der Waals surface area contributed by atoms with Gasteiger partial charge in [-0.05, 0) is 44.5 Å². The molecule has 1 rings (SSSR count).